The molecule has 0 heterocycles. The van der Waals surface area contributed by atoms with Crippen LogP contribution in [0.3, 0.4) is 0 Å². The second-order valence-electron chi connectivity index (χ2n) is 7.16. The minimum absolute atomic E-state index is 0.583. The minimum Gasteiger partial charge on any atom is -0.489 e. The van der Waals surface area contributed by atoms with Crippen LogP contribution in [0.25, 0.3) is 0 Å². The highest BCUT2D eigenvalue weighted by Gasteiger charge is 2.10. The third-order valence-corrected chi connectivity index (χ3v) is 4.90. The van der Waals surface area contributed by atoms with E-state index in [0.29, 0.717) is 24.7 Å². The molecule has 0 saturated carbocycles. The Balaban J connectivity index is 1.38. The largest absolute Gasteiger partial charge is 0.489 e. The Bertz CT molecular complexity index is 975. The lowest BCUT2D eigenvalue weighted by Crippen LogP contribution is -2.04. The zero-order valence-corrected chi connectivity index (χ0v) is 17.4. The molecule has 0 aliphatic carbocycles. The van der Waals surface area contributed by atoms with Crippen molar-refractivity contribution in [1.29, 1.82) is 0 Å². The van der Waals surface area contributed by atoms with Gasteiger partial charge in [0.05, 0.1) is 13.2 Å². The molecule has 0 aliphatic rings. The normalized spacial score (nSPS) is 10.5. The van der Waals surface area contributed by atoms with Gasteiger partial charge in [0, 0.05) is 12.8 Å². The van der Waals surface area contributed by atoms with Gasteiger partial charge in [-0.05, 0) is 35.4 Å². The van der Waals surface area contributed by atoms with Crippen molar-refractivity contribution in [2.45, 2.75) is 12.8 Å². The van der Waals surface area contributed by atoms with E-state index in [2.05, 4.69) is 24.3 Å². The number of rotatable bonds is 10. The summed E-state index contributed by atoms with van der Waals surface area (Å²) in [5.74, 6) is 2.79. The quantitative estimate of drug-likeness (QED) is 0.290. The van der Waals surface area contributed by atoms with Crippen molar-refractivity contribution in [1.82, 2.24) is 0 Å². The first-order chi connectivity index (χ1) is 15.4. The van der Waals surface area contributed by atoms with E-state index >= 15 is 0 Å². The van der Waals surface area contributed by atoms with Crippen LogP contribution in [-0.4, -0.2) is 13.2 Å². The second-order valence-corrected chi connectivity index (χ2v) is 7.16. The van der Waals surface area contributed by atoms with Crippen LogP contribution in [0.1, 0.15) is 11.1 Å². The van der Waals surface area contributed by atoms with Crippen LogP contribution in [0.5, 0.6) is 23.0 Å². The minimum atomic E-state index is 0.583. The first-order valence-electron chi connectivity index (χ1n) is 10.6. The molecule has 0 bridgehead atoms. The fourth-order valence-corrected chi connectivity index (χ4v) is 3.27. The summed E-state index contributed by atoms with van der Waals surface area (Å²) < 4.78 is 18.2. The molecule has 3 heteroatoms. The SMILES string of the molecule is c1ccc(CCOc2ccccc2Oc2ccccc2OCCc2ccccc2)cc1. The Morgan fingerprint density at radius 2 is 0.742 bits per heavy atom. The number of para-hydroxylation sites is 4. The fraction of sp³-hybridized carbons (Fsp3) is 0.143. The predicted octanol–water partition coefficient (Wildman–Crippen LogP) is 6.72. The van der Waals surface area contributed by atoms with Crippen LogP contribution >= 0.6 is 0 Å². The molecule has 0 aromatic heterocycles. The van der Waals surface area contributed by atoms with Crippen molar-refractivity contribution >= 4 is 0 Å². The van der Waals surface area contributed by atoms with E-state index in [4.69, 9.17) is 14.2 Å². The van der Waals surface area contributed by atoms with E-state index in [9.17, 15) is 0 Å². The van der Waals surface area contributed by atoms with Gasteiger partial charge in [-0.2, -0.15) is 0 Å². The maximum absolute atomic E-state index is 6.20. The van der Waals surface area contributed by atoms with Crippen molar-refractivity contribution in [3.05, 3.63) is 120 Å². The smallest absolute Gasteiger partial charge is 0.169 e. The van der Waals surface area contributed by atoms with Gasteiger partial charge in [0.15, 0.2) is 23.0 Å². The lowest BCUT2D eigenvalue weighted by molar-refractivity contribution is 0.291. The summed E-state index contributed by atoms with van der Waals surface area (Å²) in [6.07, 6.45) is 1.68. The molecule has 4 aromatic rings. The molecule has 0 saturated heterocycles. The molecule has 0 spiro atoms. The van der Waals surface area contributed by atoms with Crippen LogP contribution in [0.2, 0.25) is 0 Å². The van der Waals surface area contributed by atoms with Gasteiger partial charge in [-0.1, -0.05) is 84.9 Å². The molecule has 0 unspecified atom stereocenters. The number of ether oxygens (including phenoxy) is 3. The van der Waals surface area contributed by atoms with Gasteiger partial charge in [0.2, 0.25) is 0 Å². The lowest BCUT2D eigenvalue weighted by atomic mass is 10.2. The van der Waals surface area contributed by atoms with Crippen LogP contribution < -0.4 is 14.2 Å². The van der Waals surface area contributed by atoms with Crippen LogP contribution in [0.4, 0.5) is 0 Å². The summed E-state index contributed by atoms with van der Waals surface area (Å²) in [5, 5.41) is 0. The molecule has 3 nitrogen and oxygen atoms in total. The van der Waals surface area contributed by atoms with E-state index in [-0.39, 0.29) is 0 Å². The molecule has 156 valence electrons. The van der Waals surface area contributed by atoms with Gasteiger partial charge in [-0.15, -0.1) is 0 Å². The van der Waals surface area contributed by atoms with E-state index in [1.165, 1.54) is 11.1 Å². The zero-order chi connectivity index (χ0) is 21.1. The third kappa shape index (κ3) is 6.13. The molecular formula is C28H26O3. The Morgan fingerprint density at radius 1 is 0.387 bits per heavy atom. The summed E-state index contributed by atoms with van der Waals surface area (Å²) in [7, 11) is 0. The summed E-state index contributed by atoms with van der Waals surface area (Å²) >= 11 is 0. The van der Waals surface area contributed by atoms with Gasteiger partial charge in [0.1, 0.15) is 0 Å². The summed E-state index contributed by atoms with van der Waals surface area (Å²) in [6, 6.07) is 36.1. The van der Waals surface area contributed by atoms with Crippen molar-refractivity contribution in [2.24, 2.45) is 0 Å². The van der Waals surface area contributed by atoms with Crippen LogP contribution in [0.15, 0.2) is 109 Å². The average molecular weight is 411 g/mol. The van der Waals surface area contributed by atoms with Gasteiger partial charge in [-0.3, -0.25) is 0 Å². The lowest BCUT2D eigenvalue weighted by Gasteiger charge is -2.15. The fourth-order valence-electron chi connectivity index (χ4n) is 3.27. The maximum Gasteiger partial charge on any atom is 0.169 e. The first-order valence-corrected chi connectivity index (χ1v) is 10.6. The zero-order valence-electron chi connectivity index (χ0n) is 17.4. The van der Waals surface area contributed by atoms with Crippen molar-refractivity contribution in [3.8, 4) is 23.0 Å². The van der Waals surface area contributed by atoms with Gasteiger partial charge >= 0.3 is 0 Å². The van der Waals surface area contributed by atoms with E-state index < -0.39 is 0 Å². The molecule has 0 amide bonds. The van der Waals surface area contributed by atoms with Crippen molar-refractivity contribution < 1.29 is 14.2 Å². The Labute approximate surface area is 183 Å². The van der Waals surface area contributed by atoms with Crippen LogP contribution in [-0.2, 0) is 12.8 Å². The van der Waals surface area contributed by atoms with Crippen molar-refractivity contribution in [3.63, 3.8) is 0 Å². The third-order valence-electron chi connectivity index (χ3n) is 4.90. The summed E-state index contributed by atoms with van der Waals surface area (Å²) in [6.45, 7) is 1.17. The predicted molar refractivity (Wildman–Crippen MR) is 124 cm³/mol. The van der Waals surface area contributed by atoms with E-state index in [1.54, 1.807) is 0 Å². The average Bonchev–Trinajstić information content (AvgIpc) is 2.83. The first kappa shape index (κ1) is 20.5. The van der Waals surface area contributed by atoms with E-state index in [0.717, 1.165) is 24.3 Å². The highest BCUT2D eigenvalue weighted by molar-refractivity contribution is 5.47. The number of hydrogen-bond acceptors (Lipinski definition) is 3. The Kier molecular flexibility index (Phi) is 7.22. The number of hydrogen-bond donors (Lipinski definition) is 0. The van der Waals surface area contributed by atoms with E-state index in [1.807, 2.05) is 84.9 Å². The monoisotopic (exact) mass is 410 g/mol. The molecule has 0 aliphatic heterocycles. The molecule has 4 rings (SSSR count). The highest BCUT2D eigenvalue weighted by Crippen LogP contribution is 2.36. The summed E-state index contributed by atoms with van der Waals surface area (Å²) in [5.41, 5.74) is 2.50. The second kappa shape index (κ2) is 10.9. The molecule has 0 radical (unpaired) electrons. The molecule has 0 fully saturated rings. The Morgan fingerprint density at radius 3 is 1.16 bits per heavy atom. The molecule has 31 heavy (non-hydrogen) atoms. The standard InChI is InChI=1S/C28H26O3/c1-3-11-23(12-4-1)19-21-29-25-15-7-9-17-27(25)31-28-18-10-8-16-26(28)30-22-20-24-13-5-2-6-14-24/h1-18H,19-22H2. The molecule has 0 N–H and O–H groups in total. The highest BCUT2D eigenvalue weighted by atomic mass is 16.5. The number of benzene rings is 4. The van der Waals surface area contributed by atoms with Gasteiger partial charge in [-0.25, -0.2) is 0 Å². The Hall–Kier alpha value is -3.72. The topological polar surface area (TPSA) is 27.7 Å². The molecule has 4 aromatic carbocycles. The summed E-state index contributed by atoms with van der Waals surface area (Å²) in [4.78, 5) is 0. The van der Waals surface area contributed by atoms with Gasteiger partial charge in [0.25, 0.3) is 0 Å². The molecule has 0 atom stereocenters. The van der Waals surface area contributed by atoms with Crippen molar-refractivity contribution in [2.75, 3.05) is 13.2 Å². The van der Waals surface area contributed by atoms with Gasteiger partial charge < -0.3 is 14.2 Å². The van der Waals surface area contributed by atoms with Crippen LogP contribution in [0, 0.1) is 0 Å². The maximum atomic E-state index is 6.20. The molecular weight excluding hydrogens is 384 g/mol.